The molecule has 0 aromatic heterocycles. The highest BCUT2D eigenvalue weighted by Crippen LogP contribution is 2.40. The minimum atomic E-state index is -3.46. The number of methoxy groups -OCH3 is 1. The zero-order valence-electron chi connectivity index (χ0n) is 20.2. The number of piperazine rings is 1. The Morgan fingerprint density at radius 1 is 1.00 bits per heavy atom. The molecule has 0 aliphatic carbocycles. The van der Waals surface area contributed by atoms with Crippen molar-refractivity contribution in [1.29, 1.82) is 0 Å². The minimum Gasteiger partial charge on any atom is -0.497 e. The number of nitrogens with zero attached hydrogens (tertiary/aromatic N) is 4. The van der Waals surface area contributed by atoms with Gasteiger partial charge in [-0.05, 0) is 37.0 Å². The van der Waals surface area contributed by atoms with Gasteiger partial charge >= 0.3 is 0 Å². The lowest BCUT2D eigenvalue weighted by atomic mass is 9.92. The van der Waals surface area contributed by atoms with Gasteiger partial charge in [0, 0.05) is 52.2 Å². The molecule has 0 spiro atoms. The van der Waals surface area contributed by atoms with Crippen LogP contribution in [0.1, 0.15) is 50.6 Å². The number of amides is 2. The van der Waals surface area contributed by atoms with Crippen LogP contribution in [0.2, 0.25) is 0 Å². The standard InChI is InChI=1S/C24H36N4O5S/c1-3-4-13-28-22(29)18-21(23(28)19-7-9-20(33-2)10-8-19)24(30)25-14-16-27(17-15-25)34(31,32)26-11-5-6-12-26/h7-10,21,23H,3-6,11-18H2,1-2H3/t21-,23+/m1/s1. The number of carbonyl (C=O) groups is 2. The summed E-state index contributed by atoms with van der Waals surface area (Å²) < 4.78 is 34.1. The number of rotatable bonds is 8. The molecule has 2 amide bonds. The highest BCUT2D eigenvalue weighted by molar-refractivity contribution is 7.86. The van der Waals surface area contributed by atoms with E-state index >= 15 is 0 Å². The summed E-state index contributed by atoms with van der Waals surface area (Å²) >= 11 is 0. The molecule has 1 aromatic carbocycles. The molecular formula is C24H36N4O5S. The van der Waals surface area contributed by atoms with Crippen molar-refractivity contribution in [2.75, 3.05) is 52.9 Å². The fourth-order valence-electron chi connectivity index (χ4n) is 5.27. The Kier molecular flexibility index (Phi) is 7.79. The van der Waals surface area contributed by atoms with Gasteiger partial charge < -0.3 is 14.5 Å². The van der Waals surface area contributed by atoms with Crippen molar-refractivity contribution in [3.63, 3.8) is 0 Å². The first-order chi connectivity index (χ1) is 16.4. The average Bonchev–Trinajstić information content (AvgIpc) is 3.51. The highest BCUT2D eigenvalue weighted by atomic mass is 32.2. The predicted molar refractivity (Wildman–Crippen MR) is 128 cm³/mol. The highest BCUT2D eigenvalue weighted by Gasteiger charge is 2.46. The van der Waals surface area contributed by atoms with Gasteiger partial charge in [0.05, 0.1) is 19.1 Å². The van der Waals surface area contributed by atoms with Crippen LogP contribution in [0, 0.1) is 5.92 Å². The molecule has 3 aliphatic heterocycles. The predicted octanol–water partition coefficient (Wildman–Crippen LogP) is 1.87. The largest absolute Gasteiger partial charge is 0.497 e. The molecule has 0 N–H and O–H groups in total. The Hall–Kier alpha value is -2.17. The molecule has 3 aliphatic rings. The molecule has 1 aromatic rings. The Morgan fingerprint density at radius 2 is 1.62 bits per heavy atom. The molecule has 0 bridgehead atoms. The van der Waals surface area contributed by atoms with Crippen molar-refractivity contribution >= 4 is 22.0 Å². The van der Waals surface area contributed by atoms with Gasteiger partial charge in [0.1, 0.15) is 5.75 Å². The summed E-state index contributed by atoms with van der Waals surface area (Å²) in [5.41, 5.74) is 0.927. The average molecular weight is 493 g/mol. The lowest BCUT2D eigenvalue weighted by Gasteiger charge is -2.38. The van der Waals surface area contributed by atoms with Gasteiger partial charge in [-0.1, -0.05) is 25.5 Å². The summed E-state index contributed by atoms with van der Waals surface area (Å²) in [5.74, 6) is 0.195. The number of benzene rings is 1. The van der Waals surface area contributed by atoms with Crippen molar-refractivity contribution < 1.29 is 22.7 Å². The second-order valence-corrected chi connectivity index (χ2v) is 11.2. The summed E-state index contributed by atoms with van der Waals surface area (Å²) in [7, 11) is -1.85. The normalized spacial score (nSPS) is 24.7. The van der Waals surface area contributed by atoms with E-state index in [1.807, 2.05) is 29.2 Å². The van der Waals surface area contributed by atoms with E-state index in [9.17, 15) is 18.0 Å². The maximum atomic E-state index is 13.6. The van der Waals surface area contributed by atoms with E-state index < -0.39 is 16.1 Å². The third kappa shape index (κ3) is 4.94. The third-order valence-corrected chi connectivity index (χ3v) is 9.26. The van der Waals surface area contributed by atoms with Crippen molar-refractivity contribution in [1.82, 2.24) is 18.4 Å². The van der Waals surface area contributed by atoms with Crippen LogP contribution in [0.25, 0.3) is 0 Å². The molecule has 3 heterocycles. The van der Waals surface area contributed by atoms with E-state index in [1.165, 1.54) is 4.31 Å². The summed E-state index contributed by atoms with van der Waals surface area (Å²) in [6.07, 6.45) is 3.83. The van der Waals surface area contributed by atoms with Crippen LogP contribution in [-0.2, 0) is 19.8 Å². The van der Waals surface area contributed by atoms with Crippen LogP contribution in [0.3, 0.4) is 0 Å². The van der Waals surface area contributed by atoms with Crippen LogP contribution in [0.5, 0.6) is 5.75 Å². The van der Waals surface area contributed by atoms with Crippen LogP contribution in [0.4, 0.5) is 0 Å². The van der Waals surface area contributed by atoms with Gasteiger partial charge in [0.25, 0.3) is 10.2 Å². The Balaban J connectivity index is 1.48. The molecule has 4 rings (SSSR count). The number of likely N-dealkylation sites (tertiary alicyclic amines) is 1. The van der Waals surface area contributed by atoms with Gasteiger partial charge in [-0.25, -0.2) is 0 Å². The van der Waals surface area contributed by atoms with E-state index in [4.69, 9.17) is 4.74 Å². The Morgan fingerprint density at radius 3 is 2.21 bits per heavy atom. The molecular weight excluding hydrogens is 456 g/mol. The first kappa shape index (κ1) is 24.9. The zero-order valence-corrected chi connectivity index (χ0v) is 21.0. The fourth-order valence-corrected chi connectivity index (χ4v) is 6.94. The molecule has 34 heavy (non-hydrogen) atoms. The van der Waals surface area contributed by atoms with Gasteiger partial charge in [-0.15, -0.1) is 0 Å². The van der Waals surface area contributed by atoms with E-state index in [1.54, 1.807) is 16.3 Å². The maximum Gasteiger partial charge on any atom is 0.282 e. The number of unbranched alkanes of at least 4 members (excludes halogenated alkanes) is 1. The summed E-state index contributed by atoms with van der Waals surface area (Å²) in [6.45, 7) is 5.13. The molecule has 3 fully saturated rings. The molecule has 2 atom stereocenters. The van der Waals surface area contributed by atoms with Crippen LogP contribution in [0.15, 0.2) is 24.3 Å². The molecule has 10 heteroatoms. The van der Waals surface area contributed by atoms with Crippen molar-refractivity contribution in [2.45, 2.75) is 45.1 Å². The first-order valence-electron chi connectivity index (χ1n) is 12.3. The summed E-state index contributed by atoms with van der Waals surface area (Å²) in [6, 6.07) is 7.27. The SMILES string of the molecule is CCCCN1C(=O)C[C@@H](C(=O)N2CCN(S(=O)(=O)N3CCCC3)CC2)[C@@H]1c1ccc(OC)cc1. The van der Waals surface area contributed by atoms with Crippen molar-refractivity contribution in [3.05, 3.63) is 29.8 Å². The molecule has 188 valence electrons. The lowest BCUT2D eigenvalue weighted by Crippen LogP contribution is -2.55. The molecule has 9 nitrogen and oxygen atoms in total. The minimum absolute atomic E-state index is 0.00265. The second kappa shape index (κ2) is 10.6. The lowest BCUT2D eigenvalue weighted by molar-refractivity contribution is -0.137. The van der Waals surface area contributed by atoms with Gasteiger partial charge in [0.2, 0.25) is 11.8 Å². The monoisotopic (exact) mass is 492 g/mol. The molecule has 3 saturated heterocycles. The Labute approximate surface area is 202 Å². The van der Waals surface area contributed by atoms with Crippen molar-refractivity contribution in [3.8, 4) is 5.75 Å². The van der Waals surface area contributed by atoms with Crippen molar-refractivity contribution in [2.24, 2.45) is 5.92 Å². The Bertz CT molecular complexity index is 970. The van der Waals surface area contributed by atoms with Gasteiger partial charge in [-0.3, -0.25) is 9.59 Å². The number of carbonyl (C=O) groups excluding carboxylic acids is 2. The van der Waals surface area contributed by atoms with Crippen LogP contribution >= 0.6 is 0 Å². The van der Waals surface area contributed by atoms with Crippen LogP contribution < -0.4 is 4.74 Å². The maximum absolute atomic E-state index is 13.6. The van der Waals surface area contributed by atoms with Gasteiger partial charge in [0.15, 0.2) is 0 Å². The quantitative estimate of drug-likeness (QED) is 0.553. The number of hydrogen-bond donors (Lipinski definition) is 0. The first-order valence-corrected chi connectivity index (χ1v) is 13.7. The van der Waals surface area contributed by atoms with E-state index in [-0.39, 0.29) is 37.4 Å². The molecule has 0 unspecified atom stereocenters. The van der Waals surface area contributed by atoms with E-state index in [2.05, 4.69) is 6.92 Å². The number of hydrogen-bond acceptors (Lipinski definition) is 5. The topological polar surface area (TPSA) is 90.5 Å². The van der Waals surface area contributed by atoms with E-state index in [0.717, 1.165) is 37.0 Å². The zero-order chi connectivity index (χ0) is 24.3. The fraction of sp³-hybridized carbons (Fsp3) is 0.667. The molecule has 0 radical (unpaired) electrons. The number of ether oxygens (including phenoxy) is 1. The summed E-state index contributed by atoms with van der Waals surface area (Å²) in [4.78, 5) is 30.2. The smallest absolute Gasteiger partial charge is 0.282 e. The van der Waals surface area contributed by atoms with Gasteiger partial charge in [-0.2, -0.15) is 17.0 Å². The van der Waals surface area contributed by atoms with Crippen LogP contribution in [-0.4, -0.2) is 91.6 Å². The summed E-state index contributed by atoms with van der Waals surface area (Å²) in [5, 5.41) is 0. The third-order valence-electron chi connectivity index (χ3n) is 7.23. The van der Waals surface area contributed by atoms with E-state index in [0.29, 0.717) is 32.7 Å². The molecule has 0 saturated carbocycles. The second-order valence-electron chi connectivity index (χ2n) is 9.31.